The minimum absolute atomic E-state index is 0.134. The maximum absolute atomic E-state index is 13.1. The molecule has 5 rings (SSSR count). The maximum Gasteiger partial charge on any atom is 0.416 e. The third kappa shape index (κ3) is 2.86. The molecule has 2 aromatic rings. The molecule has 0 radical (unpaired) electrons. The molecular formula is C20H21F3N4O2. The van der Waals surface area contributed by atoms with Crippen LogP contribution in [0.1, 0.15) is 40.2 Å². The summed E-state index contributed by atoms with van der Waals surface area (Å²) in [5, 5.41) is 18.6. The van der Waals surface area contributed by atoms with Crippen molar-refractivity contribution in [3.05, 3.63) is 46.8 Å². The lowest BCUT2D eigenvalue weighted by molar-refractivity contribution is -0.137. The molecule has 0 spiro atoms. The third-order valence-corrected chi connectivity index (χ3v) is 6.91. The number of aliphatic hydroxyl groups is 1. The highest BCUT2D eigenvalue weighted by Crippen LogP contribution is 2.55. The molecule has 9 heteroatoms. The number of aliphatic hydroxyl groups excluding tert-OH is 1. The van der Waals surface area contributed by atoms with E-state index in [-0.39, 0.29) is 24.2 Å². The third-order valence-electron chi connectivity index (χ3n) is 6.91. The molecule has 3 fully saturated rings. The van der Waals surface area contributed by atoms with Crippen LogP contribution in [-0.2, 0) is 12.7 Å². The smallest absolute Gasteiger partial charge is 0.391 e. The fraction of sp³-hybridized carbons (Fsp3) is 0.550. The van der Waals surface area contributed by atoms with Crippen LogP contribution in [0, 0.1) is 24.7 Å². The van der Waals surface area contributed by atoms with Gasteiger partial charge < -0.3 is 10.0 Å². The molecule has 1 aliphatic heterocycles. The number of halogens is 3. The van der Waals surface area contributed by atoms with E-state index in [1.54, 1.807) is 11.8 Å². The minimum atomic E-state index is -4.37. The number of amides is 1. The van der Waals surface area contributed by atoms with Crippen molar-refractivity contribution in [3.8, 4) is 0 Å². The van der Waals surface area contributed by atoms with Crippen molar-refractivity contribution >= 4 is 5.91 Å². The van der Waals surface area contributed by atoms with Gasteiger partial charge in [0.25, 0.3) is 5.91 Å². The molecule has 29 heavy (non-hydrogen) atoms. The number of likely N-dealkylation sites (tertiary alicyclic amines) is 1. The second-order valence-corrected chi connectivity index (χ2v) is 8.47. The second-order valence-electron chi connectivity index (χ2n) is 8.47. The van der Waals surface area contributed by atoms with Crippen LogP contribution in [0.15, 0.2) is 24.3 Å². The van der Waals surface area contributed by atoms with Crippen LogP contribution in [-0.4, -0.2) is 49.6 Å². The molecule has 2 saturated carbocycles. The molecule has 5 unspecified atom stereocenters. The number of hydrogen-bond donors (Lipinski definition) is 1. The fourth-order valence-corrected chi connectivity index (χ4v) is 5.47. The van der Waals surface area contributed by atoms with E-state index < -0.39 is 17.8 Å². The highest BCUT2D eigenvalue weighted by molar-refractivity contribution is 5.93. The summed E-state index contributed by atoms with van der Waals surface area (Å²) in [4.78, 5) is 14.9. The van der Waals surface area contributed by atoms with Gasteiger partial charge in [-0.2, -0.15) is 13.2 Å². The van der Waals surface area contributed by atoms with Crippen molar-refractivity contribution in [2.45, 2.75) is 44.6 Å². The summed E-state index contributed by atoms with van der Waals surface area (Å²) >= 11 is 0. The maximum atomic E-state index is 13.1. The van der Waals surface area contributed by atoms with E-state index in [2.05, 4.69) is 10.3 Å². The lowest BCUT2D eigenvalue weighted by Crippen LogP contribution is -2.44. The molecule has 1 aromatic heterocycles. The Kier molecular flexibility index (Phi) is 4.03. The van der Waals surface area contributed by atoms with Crippen molar-refractivity contribution in [2.24, 2.45) is 17.8 Å². The van der Waals surface area contributed by atoms with Gasteiger partial charge in [0.1, 0.15) is 0 Å². The van der Waals surface area contributed by atoms with Crippen LogP contribution < -0.4 is 0 Å². The molecular weight excluding hydrogens is 385 g/mol. The number of alkyl halides is 3. The van der Waals surface area contributed by atoms with E-state index in [9.17, 15) is 23.1 Å². The van der Waals surface area contributed by atoms with Gasteiger partial charge >= 0.3 is 6.18 Å². The van der Waals surface area contributed by atoms with E-state index in [1.807, 2.05) is 0 Å². The van der Waals surface area contributed by atoms with Crippen LogP contribution in [0.5, 0.6) is 0 Å². The monoisotopic (exact) mass is 406 g/mol. The van der Waals surface area contributed by atoms with Crippen LogP contribution in [0.2, 0.25) is 0 Å². The predicted octanol–water partition coefficient (Wildman–Crippen LogP) is 2.49. The molecule has 2 aliphatic carbocycles. The Hall–Kier alpha value is -2.42. The second kappa shape index (κ2) is 6.29. The molecule has 1 amide bonds. The number of aromatic nitrogens is 3. The molecule has 6 nitrogen and oxygen atoms in total. The molecule has 2 heterocycles. The fourth-order valence-electron chi connectivity index (χ4n) is 5.47. The predicted molar refractivity (Wildman–Crippen MR) is 95.8 cm³/mol. The summed E-state index contributed by atoms with van der Waals surface area (Å²) in [5.74, 6) is 0.908. The summed E-state index contributed by atoms with van der Waals surface area (Å²) in [7, 11) is 0. The largest absolute Gasteiger partial charge is 0.416 e. The van der Waals surface area contributed by atoms with E-state index in [0.29, 0.717) is 35.6 Å². The lowest BCUT2D eigenvalue weighted by atomic mass is 9.88. The van der Waals surface area contributed by atoms with Crippen molar-refractivity contribution < 1.29 is 23.1 Å². The minimum Gasteiger partial charge on any atom is -0.391 e. The highest BCUT2D eigenvalue weighted by Gasteiger charge is 2.60. The highest BCUT2D eigenvalue weighted by atomic mass is 19.4. The quantitative estimate of drug-likeness (QED) is 0.850. The number of carbonyl (C=O) groups excluding carboxylic acids is 1. The lowest BCUT2D eigenvalue weighted by Gasteiger charge is -2.28. The first-order chi connectivity index (χ1) is 13.7. The molecule has 3 aliphatic rings. The molecule has 2 bridgehead atoms. The van der Waals surface area contributed by atoms with Gasteiger partial charge in [-0.1, -0.05) is 17.3 Å². The summed E-state index contributed by atoms with van der Waals surface area (Å²) in [5.41, 5.74) is 0.745. The van der Waals surface area contributed by atoms with Gasteiger partial charge in [-0.3, -0.25) is 4.79 Å². The Bertz CT molecular complexity index is 954. The van der Waals surface area contributed by atoms with Crippen molar-refractivity contribution in [3.63, 3.8) is 0 Å². The first-order valence-corrected chi connectivity index (χ1v) is 9.79. The van der Waals surface area contributed by atoms with Crippen LogP contribution >= 0.6 is 0 Å². The van der Waals surface area contributed by atoms with Crippen LogP contribution in [0.4, 0.5) is 13.2 Å². The SMILES string of the molecule is Cc1c(C(=O)N2CC3CC4CC3C2C4O)nnn1Cc1ccc(C(F)(F)F)cc1. The van der Waals surface area contributed by atoms with Crippen molar-refractivity contribution in [1.29, 1.82) is 0 Å². The molecule has 1 N–H and O–H groups in total. The Morgan fingerprint density at radius 2 is 1.93 bits per heavy atom. The van der Waals surface area contributed by atoms with Gasteiger partial charge in [-0.05, 0) is 55.2 Å². The normalized spacial score (nSPS) is 30.4. The van der Waals surface area contributed by atoms with E-state index in [1.165, 1.54) is 16.8 Å². The number of benzene rings is 1. The van der Waals surface area contributed by atoms with E-state index in [0.717, 1.165) is 25.0 Å². The average molecular weight is 406 g/mol. The number of hydrogen-bond acceptors (Lipinski definition) is 4. The number of rotatable bonds is 3. The molecule has 1 saturated heterocycles. The molecule has 154 valence electrons. The van der Waals surface area contributed by atoms with Crippen molar-refractivity contribution in [1.82, 2.24) is 19.9 Å². The summed E-state index contributed by atoms with van der Waals surface area (Å²) in [6, 6.07) is 4.74. The Labute approximate surface area is 165 Å². The van der Waals surface area contributed by atoms with Gasteiger partial charge in [0, 0.05) is 6.54 Å². The van der Waals surface area contributed by atoms with Crippen LogP contribution in [0.3, 0.4) is 0 Å². The molecule has 5 atom stereocenters. The van der Waals surface area contributed by atoms with Gasteiger partial charge in [0.05, 0.1) is 29.9 Å². The van der Waals surface area contributed by atoms with Crippen molar-refractivity contribution in [2.75, 3.05) is 6.54 Å². The zero-order chi connectivity index (χ0) is 20.5. The zero-order valence-corrected chi connectivity index (χ0v) is 15.8. The Balaban J connectivity index is 1.34. The van der Waals surface area contributed by atoms with E-state index >= 15 is 0 Å². The van der Waals surface area contributed by atoms with Gasteiger partial charge in [-0.25, -0.2) is 4.68 Å². The number of nitrogens with zero attached hydrogens (tertiary/aromatic N) is 4. The standard InChI is InChI=1S/C20H21F3N4O2/c1-10-16(19(29)26-9-13-6-12-7-15(13)17(26)18(12)28)24-25-27(10)8-11-2-4-14(5-3-11)20(21,22)23/h2-5,12-13,15,17-18,28H,6-9H2,1H3. The van der Waals surface area contributed by atoms with Gasteiger partial charge in [0.2, 0.25) is 0 Å². The Morgan fingerprint density at radius 3 is 2.59 bits per heavy atom. The average Bonchev–Trinajstić information content (AvgIpc) is 3.37. The topological polar surface area (TPSA) is 71.2 Å². The Morgan fingerprint density at radius 1 is 1.21 bits per heavy atom. The summed E-state index contributed by atoms with van der Waals surface area (Å²) in [6.07, 6.45) is -2.88. The summed E-state index contributed by atoms with van der Waals surface area (Å²) in [6.45, 7) is 2.60. The van der Waals surface area contributed by atoms with Crippen LogP contribution in [0.25, 0.3) is 0 Å². The molecule has 1 aromatic carbocycles. The number of carbonyl (C=O) groups is 1. The zero-order valence-electron chi connectivity index (χ0n) is 15.8. The summed E-state index contributed by atoms with van der Waals surface area (Å²) < 4.78 is 39.7. The van der Waals surface area contributed by atoms with E-state index in [4.69, 9.17) is 0 Å². The van der Waals surface area contributed by atoms with Gasteiger partial charge in [0.15, 0.2) is 5.69 Å². The van der Waals surface area contributed by atoms with Gasteiger partial charge in [-0.15, -0.1) is 5.10 Å². The first kappa shape index (κ1) is 18.6. The number of fused-ring (bicyclic) bond motifs is 1. The first-order valence-electron chi connectivity index (χ1n) is 9.79.